The molecule has 0 saturated carbocycles. The molecule has 1 aromatic rings. The number of halogens is 4. The second kappa shape index (κ2) is 6.09. The van der Waals surface area contributed by atoms with Gasteiger partial charge in [-0.05, 0) is 34.8 Å². The monoisotopic (exact) mass is 339 g/mol. The molecule has 1 aromatic heterocycles. The summed E-state index contributed by atoms with van der Waals surface area (Å²) in [6, 6.07) is 1.01. The van der Waals surface area contributed by atoms with Gasteiger partial charge in [-0.1, -0.05) is 13.8 Å². The van der Waals surface area contributed by atoms with Gasteiger partial charge in [0.15, 0.2) is 0 Å². The Balaban J connectivity index is 2.96. The van der Waals surface area contributed by atoms with Crippen LogP contribution in [0.25, 0.3) is 0 Å². The molecule has 7 heteroatoms. The van der Waals surface area contributed by atoms with Gasteiger partial charge in [0.25, 0.3) is 0 Å². The fourth-order valence-electron chi connectivity index (χ4n) is 1.56. The number of nitrogens with two attached hydrogens (primary N) is 1. The first-order valence-corrected chi connectivity index (χ1v) is 6.76. The van der Waals surface area contributed by atoms with E-state index in [2.05, 4.69) is 26.2 Å². The Morgan fingerprint density at radius 2 is 1.89 bits per heavy atom. The van der Waals surface area contributed by atoms with Crippen LogP contribution >= 0.6 is 15.9 Å². The fraction of sp³-hybridized carbons (Fsp3) is 0.583. The van der Waals surface area contributed by atoms with Gasteiger partial charge in [-0.15, -0.1) is 0 Å². The van der Waals surface area contributed by atoms with Crippen molar-refractivity contribution in [2.45, 2.75) is 38.4 Å². The molecule has 19 heavy (non-hydrogen) atoms. The molecule has 0 fully saturated rings. The third kappa shape index (κ3) is 4.35. The predicted molar refractivity (Wildman–Crippen MR) is 72.9 cm³/mol. The first-order valence-electron chi connectivity index (χ1n) is 5.97. The van der Waals surface area contributed by atoms with Crippen molar-refractivity contribution in [3.05, 3.63) is 22.3 Å². The standard InChI is InChI=1S/C12H17BrF3N3/c1-3-11(17,4-2)7-19-10-9(12(14,15)16)5-8(13)6-18-10/h5-6H,3-4,7,17H2,1-2H3,(H,18,19). The van der Waals surface area contributed by atoms with Gasteiger partial charge >= 0.3 is 6.18 Å². The molecule has 1 heterocycles. The van der Waals surface area contributed by atoms with Crippen LogP contribution in [0.2, 0.25) is 0 Å². The molecule has 0 atom stereocenters. The maximum absolute atomic E-state index is 12.9. The third-order valence-electron chi connectivity index (χ3n) is 3.18. The molecule has 0 aromatic carbocycles. The minimum Gasteiger partial charge on any atom is -0.368 e. The SMILES string of the molecule is CCC(N)(CC)CNc1ncc(Br)cc1C(F)(F)F. The van der Waals surface area contributed by atoms with Crippen LogP contribution in [0.1, 0.15) is 32.3 Å². The number of pyridine rings is 1. The van der Waals surface area contributed by atoms with E-state index in [1.54, 1.807) is 0 Å². The van der Waals surface area contributed by atoms with E-state index in [4.69, 9.17) is 5.73 Å². The van der Waals surface area contributed by atoms with Crippen molar-refractivity contribution < 1.29 is 13.2 Å². The number of aromatic nitrogens is 1. The zero-order chi connectivity index (χ0) is 14.7. The van der Waals surface area contributed by atoms with E-state index in [1.807, 2.05) is 13.8 Å². The van der Waals surface area contributed by atoms with E-state index in [0.717, 1.165) is 6.07 Å². The number of rotatable bonds is 5. The summed E-state index contributed by atoms with van der Waals surface area (Å²) in [5.41, 5.74) is 4.73. The van der Waals surface area contributed by atoms with Gasteiger partial charge in [0.2, 0.25) is 0 Å². The molecule has 3 nitrogen and oxygen atoms in total. The predicted octanol–water partition coefficient (Wildman–Crippen LogP) is 3.79. The van der Waals surface area contributed by atoms with E-state index in [1.165, 1.54) is 6.20 Å². The molecule has 0 aliphatic rings. The lowest BCUT2D eigenvalue weighted by Gasteiger charge is -2.27. The minimum absolute atomic E-state index is 0.188. The Bertz CT molecular complexity index is 431. The quantitative estimate of drug-likeness (QED) is 0.857. The molecule has 0 aliphatic carbocycles. The van der Waals surface area contributed by atoms with E-state index in [-0.39, 0.29) is 16.8 Å². The van der Waals surface area contributed by atoms with Crippen LogP contribution in [0.4, 0.5) is 19.0 Å². The second-order valence-corrected chi connectivity index (χ2v) is 5.39. The van der Waals surface area contributed by atoms with Gasteiger partial charge in [0.1, 0.15) is 5.82 Å². The summed E-state index contributed by atoms with van der Waals surface area (Å²) >= 11 is 2.99. The van der Waals surface area contributed by atoms with Crippen molar-refractivity contribution in [3.63, 3.8) is 0 Å². The number of nitrogens with zero attached hydrogens (tertiary/aromatic N) is 1. The van der Waals surface area contributed by atoms with Gasteiger partial charge in [-0.2, -0.15) is 13.2 Å². The third-order valence-corrected chi connectivity index (χ3v) is 3.61. The molecule has 0 unspecified atom stereocenters. The Morgan fingerprint density at radius 3 is 2.37 bits per heavy atom. The lowest BCUT2D eigenvalue weighted by Crippen LogP contribution is -2.45. The van der Waals surface area contributed by atoms with E-state index >= 15 is 0 Å². The summed E-state index contributed by atoms with van der Waals surface area (Å²) in [6.07, 6.45) is -1.77. The Hall–Kier alpha value is -0.820. The highest BCUT2D eigenvalue weighted by atomic mass is 79.9. The van der Waals surface area contributed by atoms with Crippen LogP contribution in [-0.4, -0.2) is 17.1 Å². The first kappa shape index (κ1) is 16.2. The summed E-state index contributed by atoms with van der Waals surface area (Å²) in [5, 5.41) is 2.71. The van der Waals surface area contributed by atoms with Crippen molar-refractivity contribution in [2.24, 2.45) is 5.73 Å². The van der Waals surface area contributed by atoms with Crippen LogP contribution in [-0.2, 0) is 6.18 Å². The van der Waals surface area contributed by atoms with Gasteiger partial charge < -0.3 is 11.1 Å². The highest BCUT2D eigenvalue weighted by Crippen LogP contribution is 2.35. The average Bonchev–Trinajstić information content (AvgIpc) is 2.36. The Kier molecular flexibility index (Phi) is 5.20. The average molecular weight is 340 g/mol. The van der Waals surface area contributed by atoms with Crippen molar-refractivity contribution >= 4 is 21.7 Å². The van der Waals surface area contributed by atoms with Crippen molar-refractivity contribution in [1.29, 1.82) is 0 Å². The second-order valence-electron chi connectivity index (χ2n) is 4.47. The van der Waals surface area contributed by atoms with Crippen LogP contribution < -0.4 is 11.1 Å². The molecule has 0 radical (unpaired) electrons. The summed E-state index contributed by atoms with van der Waals surface area (Å²) in [7, 11) is 0. The zero-order valence-electron chi connectivity index (χ0n) is 10.8. The first-order chi connectivity index (χ1) is 8.72. The maximum Gasteiger partial charge on any atom is 0.419 e. The molecule has 3 N–H and O–H groups in total. The van der Waals surface area contributed by atoms with E-state index < -0.39 is 17.3 Å². The summed E-state index contributed by atoms with van der Waals surface area (Å²) in [5.74, 6) is -0.188. The topological polar surface area (TPSA) is 50.9 Å². The Labute approximate surface area is 118 Å². The van der Waals surface area contributed by atoms with Crippen LogP contribution in [0.5, 0.6) is 0 Å². The number of alkyl halides is 3. The van der Waals surface area contributed by atoms with Crippen LogP contribution in [0, 0.1) is 0 Å². The smallest absolute Gasteiger partial charge is 0.368 e. The molecular weight excluding hydrogens is 323 g/mol. The summed E-state index contributed by atoms with van der Waals surface area (Å²) in [4.78, 5) is 3.78. The van der Waals surface area contributed by atoms with Gasteiger partial charge in [-0.3, -0.25) is 0 Å². The fourth-order valence-corrected chi connectivity index (χ4v) is 1.89. The normalized spacial score (nSPS) is 12.6. The van der Waals surface area contributed by atoms with Gasteiger partial charge in [-0.25, -0.2) is 4.98 Å². The molecule has 0 spiro atoms. The number of nitrogens with one attached hydrogen (secondary N) is 1. The lowest BCUT2D eigenvalue weighted by atomic mass is 9.94. The maximum atomic E-state index is 12.9. The van der Waals surface area contributed by atoms with Crippen LogP contribution in [0.15, 0.2) is 16.7 Å². The molecule has 1 rings (SSSR count). The molecule has 108 valence electrons. The molecule has 0 aliphatic heterocycles. The van der Waals surface area contributed by atoms with Gasteiger partial charge in [0, 0.05) is 22.8 Å². The number of anilines is 1. The summed E-state index contributed by atoms with van der Waals surface area (Å²) in [6.45, 7) is 4.06. The molecular formula is C12H17BrF3N3. The number of hydrogen-bond donors (Lipinski definition) is 2. The largest absolute Gasteiger partial charge is 0.419 e. The summed E-state index contributed by atoms with van der Waals surface area (Å²) < 4.78 is 38.9. The highest BCUT2D eigenvalue weighted by Gasteiger charge is 2.35. The highest BCUT2D eigenvalue weighted by molar-refractivity contribution is 9.10. The molecule has 0 saturated heterocycles. The lowest BCUT2D eigenvalue weighted by molar-refractivity contribution is -0.137. The zero-order valence-corrected chi connectivity index (χ0v) is 12.4. The Morgan fingerprint density at radius 1 is 1.32 bits per heavy atom. The van der Waals surface area contributed by atoms with Crippen molar-refractivity contribution in [3.8, 4) is 0 Å². The molecule has 0 amide bonds. The van der Waals surface area contributed by atoms with Gasteiger partial charge in [0.05, 0.1) is 5.56 Å². The van der Waals surface area contributed by atoms with E-state index in [9.17, 15) is 13.2 Å². The van der Waals surface area contributed by atoms with Crippen molar-refractivity contribution in [1.82, 2.24) is 4.98 Å². The van der Waals surface area contributed by atoms with Crippen molar-refractivity contribution in [2.75, 3.05) is 11.9 Å². The van der Waals surface area contributed by atoms with E-state index in [0.29, 0.717) is 12.8 Å². The van der Waals surface area contributed by atoms with Crippen LogP contribution in [0.3, 0.4) is 0 Å². The number of hydrogen-bond acceptors (Lipinski definition) is 3. The molecule has 0 bridgehead atoms. The minimum atomic E-state index is -4.45.